The van der Waals surface area contributed by atoms with Crippen LogP contribution in [0.3, 0.4) is 0 Å². The van der Waals surface area contributed by atoms with Gasteiger partial charge in [-0.3, -0.25) is 4.79 Å². The number of anilines is 3. The largest absolute Gasteiger partial charge is 0.457 e. The topological polar surface area (TPSA) is 103 Å². The maximum atomic E-state index is 13.0. The molecule has 0 amide bonds. The number of nitrogens with one attached hydrogen (secondary N) is 1. The van der Waals surface area contributed by atoms with Gasteiger partial charge >= 0.3 is 5.97 Å². The van der Waals surface area contributed by atoms with Gasteiger partial charge in [-0.1, -0.05) is 29.3 Å². The van der Waals surface area contributed by atoms with Crippen LogP contribution in [-0.2, 0) is 22.6 Å². The van der Waals surface area contributed by atoms with Gasteiger partial charge in [0.2, 0.25) is 11.9 Å². The Morgan fingerprint density at radius 3 is 2.57 bits per heavy atom. The van der Waals surface area contributed by atoms with E-state index >= 15 is 0 Å². The van der Waals surface area contributed by atoms with Gasteiger partial charge in [-0.2, -0.15) is 15.0 Å². The number of nitrogens with zero attached hydrogens (tertiary/aromatic N) is 3. The van der Waals surface area contributed by atoms with Crippen molar-refractivity contribution in [1.82, 2.24) is 15.0 Å². The van der Waals surface area contributed by atoms with Gasteiger partial charge in [0, 0.05) is 15.7 Å². The Hall–Kier alpha value is -2.97. The standard InChI is InChI=1S/C18H14Cl2FN5O2/c19-11-2-1-10(14(20)8-11)7-16(27)28-9-15-24-17(22)26-18(25-15)23-13-5-3-12(21)4-6-13/h1-6,8H,7,9H2,(H3,22,23,24,25,26). The number of hydrogen-bond donors (Lipinski definition) is 2. The van der Waals surface area contributed by atoms with Crippen LogP contribution < -0.4 is 11.1 Å². The second-order valence-electron chi connectivity index (χ2n) is 5.64. The maximum Gasteiger partial charge on any atom is 0.310 e. The predicted octanol–water partition coefficient (Wildman–Crippen LogP) is 3.93. The van der Waals surface area contributed by atoms with Crippen LogP contribution >= 0.6 is 23.2 Å². The van der Waals surface area contributed by atoms with Gasteiger partial charge in [0.1, 0.15) is 5.82 Å². The van der Waals surface area contributed by atoms with Crippen LogP contribution in [0, 0.1) is 5.82 Å². The number of esters is 1. The highest BCUT2D eigenvalue weighted by molar-refractivity contribution is 6.35. The van der Waals surface area contributed by atoms with Crippen LogP contribution in [0.25, 0.3) is 0 Å². The first-order valence-electron chi connectivity index (χ1n) is 8.01. The summed E-state index contributed by atoms with van der Waals surface area (Å²) in [4.78, 5) is 24.1. The van der Waals surface area contributed by atoms with Crippen molar-refractivity contribution in [3.8, 4) is 0 Å². The van der Waals surface area contributed by atoms with Crippen LogP contribution in [0.15, 0.2) is 42.5 Å². The van der Waals surface area contributed by atoms with Crippen molar-refractivity contribution in [2.45, 2.75) is 13.0 Å². The van der Waals surface area contributed by atoms with E-state index in [9.17, 15) is 9.18 Å². The van der Waals surface area contributed by atoms with Crippen molar-refractivity contribution in [3.63, 3.8) is 0 Å². The molecule has 28 heavy (non-hydrogen) atoms. The van der Waals surface area contributed by atoms with Crippen molar-refractivity contribution < 1.29 is 13.9 Å². The summed E-state index contributed by atoms with van der Waals surface area (Å²) in [6.45, 7) is -0.200. The molecule has 0 bridgehead atoms. The molecule has 3 rings (SSSR count). The third-order valence-corrected chi connectivity index (χ3v) is 4.10. The van der Waals surface area contributed by atoms with E-state index in [1.54, 1.807) is 18.2 Å². The summed E-state index contributed by atoms with van der Waals surface area (Å²) < 4.78 is 18.2. The number of hydrogen-bond acceptors (Lipinski definition) is 7. The van der Waals surface area contributed by atoms with Gasteiger partial charge in [-0.15, -0.1) is 0 Å². The fraction of sp³-hybridized carbons (Fsp3) is 0.111. The lowest BCUT2D eigenvalue weighted by molar-refractivity contribution is -0.144. The second kappa shape index (κ2) is 8.81. The zero-order valence-corrected chi connectivity index (χ0v) is 15.8. The van der Waals surface area contributed by atoms with Crippen LogP contribution in [0.4, 0.5) is 22.0 Å². The highest BCUT2D eigenvalue weighted by Gasteiger charge is 2.11. The summed E-state index contributed by atoms with van der Waals surface area (Å²) in [6, 6.07) is 10.4. The summed E-state index contributed by atoms with van der Waals surface area (Å²) in [7, 11) is 0. The molecule has 2 aromatic carbocycles. The Kier molecular flexibility index (Phi) is 6.23. The Morgan fingerprint density at radius 1 is 1.11 bits per heavy atom. The first-order valence-corrected chi connectivity index (χ1v) is 8.77. The van der Waals surface area contributed by atoms with E-state index in [0.717, 1.165) is 0 Å². The molecule has 0 atom stereocenters. The van der Waals surface area contributed by atoms with Gasteiger partial charge in [0.15, 0.2) is 12.4 Å². The smallest absolute Gasteiger partial charge is 0.310 e. The van der Waals surface area contributed by atoms with E-state index in [1.165, 1.54) is 24.3 Å². The summed E-state index contributed by atoms with van der Waals surface area (Å²) in [5, 5.41) is 3.72. The van der Waals surface area contributed by atoms with E-state index in [4.69, 9.17) is 33.7 Å². The molecule has 0 aliphatic heterocycles. The molecule has 1 heterocycles. The lowest BCUT2D eigenvalue weighted by Gasteiger charge is -2.09. The highest BCUT2D eigenvalue weighted by Crippen LogP contribution is 2.21. The first-order chi connectivity index (χ1) is 13.4. The molecule has 0 aliphatic rings. The molecule has 0 unspecified atom stereocenters. The lowest BCUT2D eigenvalue weighted by Crippen LogP contribution is -2.12. The van der Waals surface area contributed by atoms with Crippen molar-refractivity contribution in [2.75, 3.05) is 11.1 Å². The number of rotatable bonds is 6. The number of nitrogen functional groups attached to an aromatic ring is 1. The molecule has 0 saturated heterocycles. The van der Waals surface area contributed by atoms with Gasteiger partial charge < -0.3 is 15.8 Å². The van der Waals surface area contributed by atoms with Gasteiger partial charge in [0.25, 0.3) is 0 Å². The average molecular weight is 422 g/mol. The molecule has 7 nitrogen and oxygen atoms in total. The molecule has 0 saturated carbocycles. The van der Waals surface area contributed by atoms with E-state index in [-0.39, 0.29) is 36.6 Å². The fourth-order valence-electron chi connectivity index (χ4n) is 2.24. The fourth-order valence-corrected chi connectivity index (χ4v) is 2.71. The van der Waals surface area contributed by atoms with E-state index in [2.05, 4.69) is 20.3 Å². The Balaban J connectivity index is 1.63. The zero-order chi connectivity index (χ0) is 20.1. The second-order valence-corrected chi connectivity index (χ2v) is 6.48. The van der Waals surface area contributed by atoms with E-state index in [0.29, 0.717) is 21.3 Å². The van der Waals surface area contributed by atoms with Crippen molar-refractivity contribution in [2.24, 2.45) is 0 Å². The molecular formula is C18H14Cl2FN5O2. The molecule has 0 spiro atoms. The van der Waals surface area contributed by atoms with Gasteiger partial charge in [0.05, 0.1) is 6.42 Å². The van der Waals surface area contributed by atoms with Gasteiger partial charge in [-0.25, -0.2) is 4.39 Å². The number of benzene rings is 2. The first kappa shape index (κ1) is 19.8. The lowest BCUT2D eigenvalue weighted by atomic mass is 10.1. The summed E-state index contributed by atoms with van der Waals surface area (Å²) in [5.41, 5.74) is 6.82. The van der Waals surface area contributed by atoms with Gasteiger partial charge in [-0.05, 0) is 42.0 Å². The van der Waals surface area contributed by atoms with Crippen LogP contribution in [0.5, 0.6) is 0 Å². The van der Waals surface area contributed by atoms with Crippen molar-refractivity contribution >= 4 is 46.8 Å². The summed E-state index contributed by atoms with van der Waals surface area (Å²) in [6.07, 6.45) is -0.0305. The molecule has 3 aromatic rings. The van der Waals surface area contributed by atoms with Crippen LogP contribution in [0.2, 0.25) is 10.0 Å². The van der Waals surface area contributed by atoms with Crippen molar-refractivity contribution in [1.29, 1.82) is 0 Å². The Bertz CT molecular complexity index is 1000. The van der Waals surface area contributed by atoms with Crippen LogP contribution in [0.1, 0.15) is 11.4 Å². The number of ether oxygens (including phenoxy) is 1. The normalized spacial score (nSPS) is 10.5. The average Bonchev–Trinajstić information content (AvgIpc) is 2.64. The number of nitrogens with two attached hydrogens (primary N) is 1. The minimum atomic E-state index is -0.517. The number of carbonyl (C=O) groups is 1. The molecular weight excluding hydrogens is 408 g/mol. The molecule has 0 aliphatic carbocycles. The Morgan fingerprint density at radius 2 is 1.86 bits per heavy atom. The minimum Gasteiger partial charge on any atom is -0.457 e. The van der Waals surface area contributed by atoms with Crippen LogP contribution in [-0.4, -0.2) is 20.9 Å². The monoisotopic (exact) mass is 421 g/mol. The number of aromatic nitrogens is 3. The molecule has 144 valence electrons. The highest BCUT2D eigenvalue weighted by atomic mass is 35.5. The molecule has 0 fully saturated rings. The molecule has 0 radical (unpaired) electrons. The molecule has 1 aromatic heterocycles. The third kappa shape index (κ3) is 5.51. The Labute approximate surface area is 169 Å². The number of carbonyl (C=O) groups excluding carboxylic acids is 1. The quantitative estimate of drug-likeness (QED) is 0.581. The summed E-state index contributed by atoms with van der Waals surface area (Å²) >= 11 is 11.9. The van der Waals surface area contributed by atoms with E-state index in [1.807, 2.05) is 0 Å². The SMILES string of the molecule is Nc1nc(COC(=O)Cc2ccc(Cl)cc2Cl)nc(Nc2ccc(F)cc2)n1. The summed E-state index contributed by atoms with van der Waals surface area (Å²) in [5.74, 6) is -0.629. The third-order valence-electron chi connectivity index (χ3n) is 3.51. The number of halogens is 3. The molecule has 3 N–H and O–H groups in total. The zero-order valence-electron chi connectivity index (χ0n) is 14.3. The predicted molar refractivity (Wildman–Crippen MR) is 104 cm³/mol. The minimum absolute atomic E-state index is 0.0305. The van der Waals surface area contributed by atoms with Crippen molar-refractivity contribution in [3.05, 3.63) is 69.7 Å². The van der Waals surface area contributed by atoms with E-state index < -0.39 is 5.97 Å². The molecule has 10 heteroatoms. The maximum absolute atomic E-state index is 13.0.